The Morgan fingerprint density at radius 3 is 2.77 bits per heavy atom. The molecule has 0 aliphatic heterocycles. The van der Waals surface area contributed by atoms with Gasteiger partial charge in [-0.25, -0.2) is 9.97 Å². The maximum absolute atomic E-state index is 5.80. The molecule has 4 nitrogen and oxygen atoms in total. The van der Waals surface area contributed by atoms with E-state index in [1.165, 1.54) is 5.56 Å². The zero-order chi connectivity index (χ0) is 18.4. The Balaban J connectivity index is 1.60. The second-order valence-corrected chi connectivity index (χ2v) is 8.06. The van der Waals surface area contributed by atoms with E-state index in [0.717, 1.165) is 38.9 Å². The Labute approximate surface area is 170 Å². The van der Waals surface area contributed by atoms with Crippen LogP contribution in [-0.4, -0.2) is 28.5 Å². The minimum atomic E-state index is -0.00981. The van der Waals surface area contributed by atoms with E-state index in [2.05, 4.69) is 55.5 Å². The number of rotatable bonds is 8. The quantitative estimate of drug-likeness (QED) is 0.450. The monoisotopic (exact) mass is 451 g/mol. The summed E-state index contributed by atoms with van der Waals surface area (Å²) in [5.74, 6) is 1.28. The van der Waals surface area contributed by atoms with Crippen molar-refractivity contribution in [3.8, 4) is 15.6 Å². The van der Waals surface area contributed by atoms with Gasteiger partial charge in [0.25, 0.3) is 0 Å². The first-order valence-corrected chi connectivity index (χ1v) is 10.4. The van der Waals surface area contributed by atoms with Crippen LogP contribution in [-0.2, 0) is 6.42 Å². The van der Waals surface area contributed by atoms with Crippen LogP contribution in [0.4, 0.5) is 5.82 Å². The van der Waals surface area contributed by atoms with Gasteiger partial charge in [0.05, 0.1) is 16.5 Å². The van der Waals surface area contributed by atoms with Crippen molar-refractivity contribution in [1.82, 2.24) is 9.97 Å². The molecule has 0 aliphatic rings. The maximum Gasteiger partial charge on any atom is 0.174 e. The van der Waals surface area contributed by atoms with Crippen LogP contribution in [0, 0.1) is 0 Å². The highest BCUT2D eigenvalue weighted by atomic mass is 79.9. The Kier molecular flexibility index (Phi) is 6.88. The molecule has 2 aromatic heterocycles. The number of nitrogens with zero attached hydrogens (tertiary/aromatic N) is 2. The van der Waals surface area contributed by atoms with E-state index in [1.54, 1.807) is 17.7 Å². The Bertz CT molecular complexity index is 841. The molecular weight excluding hydrogens is 434 g/mol. The standard InChI is InChI=1S/C19H19BrClN3OS/c1-13(11-21)25-19-7-6-17(26-19)16-10-18(24-12-23-16)22-9-8-14-2-4-15(20)5-3-14/h2-7,10,12-13H,8-9,11H2,1H3,(H,22,23,24). The summed E-state index contributed by atoms with van der Waals surface area (Å²) >= 11 is 10.8. The molecule has 3 aromatic rings. The topological polar surface area (TPSA) is 47.0 Å². The lowest BCUT2D eigenvalue weighted by Crippen LogP contribution is -2.11. The second kappa shape index (κ2) is 9.35. The van der Waals surface area contributed by atoms with Crippen molar-refractivity contribution in [3.05, 3.63) is 58.8 Å². The largest absolute Gasteiger partial charge is 0.480 e. The molecule has 26 heavy (non-hydrogen) atoms. The van der Waals surface area contributed by atoms with Gasteiger partial charge in [-0.05, 0) is 43.2 Å². The third-order valence-corrected chi connectivity index (χ3v) is 5.63. The van der Waals surface area contributed by atoms with Crippen molar-refractivity contribution in [1.29, 1.82) is 0 Å². The van der Waals surface area contributed by atoms with E-state index in [1.807, 2.05) is 25.1 Å². The van der Waals surface area contributed by atoms with Crippen molar-refractivity contribution in [2.24, 2.45) is 0 Å². The molecule has 1 N–H and O–H groups in total. The van der Waals surface area contributed by atoms with Crippen molar-refractivity contribution < 1.29 is 4.74 Å². The molecule has 7 heteroatoms. The number of alkyl halides is 1. The fourth-order valence-electron chi connectivity index (χ4n) is 2.33. The third-order valence-electron chi connectivity index (χ3n) is 3.67. The van der Waals surface area contributed by atoms with Crippen LogP contribution in [0.15, 0.2) is 53.3 Å². The summed E-state index contributed by atoms with van der Waals surface area (Å²) in [7, 11) is 0. The van der Waals surface area contributed by atoms with Gasteiger partial charge in [0.2, 0.25) is 0 Å². The summed E-state index contributed by atoms with van der Waals surface area (Å²) in [6, 6.07) is 14.3. The number of benzene rings is 1. The summed E-state index contributed by atoms with van der Waals surface area (Å²) in [5, 5.41) is 4.20. The van der Waals surface area contributed by atoms with Crippen LogP contribution in [0.3, 0.4) is 0 Å². The lowest BCUT2D eigenvalue weighted by atomic mass is 10.1. The van der Waals surface area contributed by atoms with E-state index < -0.39 is 0 Å². The number of aromatic nitrogens is 2. The minimum absolute atomic E-state index is 0.00981. The highest BCUT2D eigenvalue weighted by Crippen LogP contribution is 2.33. The van der Waals surface area contributed by atoms with Crippen molar-refractivity contribution in [3.63, 3.8) is 0 Å². The van der Waals surface area contributed by atoms with Gasteiger partial charge in [-0.3, -0.25) is 0 Å². The summed E-state index contributed by atoms with van der Waals surface area (Å²) in [4.78, 5) is 9.72. The zero-order valence-electron chi connectivity index (χ0n) is 14.3. The number of thiophene rings is 1. The van der Waals surface area contributed by atoms with E-state index in [9.17, 15) is 0 Å². The molecule has 0 radical (unpaired) electrons. The lowest BCUT2D eigenvalue weighted by molar-refractivity contribution is 0.253. The second-order valence-electron chi connectivity index (χ2n) is 5.79. The van der Waals surface area contributed by atoms with E-state index in [0.29, 0.717) is 5.88 Å². The molecule has 2 heterocycles. The normalized spacial score (nSPS) is 12.0. The van der Waals surface area contributed by atoms with Crippen LogP contribution in [0.1, 0.15) is 12.5 Å². The highest BCUT2D eigenvalue weighted by molar-refractivity contribution is 9.10. The number of hydrogen-bond acceptors (Lipinski definition) is 5. The van der Waals surface area contributed by atoms with E-state index >= 15 is 0 Å². The first-order chi connectivity index (χ1) is 12.6. The van der Waals surface area contributed by atoms with E-state index in [-0.39, 0.29) is 6.10 Å². The van der Waals surface area contributed by atoms with E-state index in [4.69, 9.17) is 16.3 Å². The fourth-order valence-corrected chi connectivity index (χ4v) is 3.57. The van der Waals surface area contributed by atoms with Gasteiger partial charge in [-0.1, -0.05) is 39.4 Å². The molecule has 0 saturated heterocycles. The van der Waals surface area contributed by atoms with Gasteiger partial charge in [-0.2, -0.15) is 0 Å². The Morgan fingerprint density at radius 2 is 2.00 bits per heavy atom. The first kappa shape index (κ1) is 19.1. The molecule has 136 valence electrons. The molecule has 0 spiro atoms. The molecule has 0 aliphatic carbocycles. The predicted molar refractivity (Wildman–Crippen MR) is 112 cm³/mol. The first-order valence-electron chi connectivity index (χ1n) is 8.27. The lowest BCUT2D eigenvalue weighted by Gasteiger charge is -2.08. The molecule has 1 atom stereocenters. The third kappa shape index (κ3) is 5.43. The van der Waals surface area contributed by atoms with Gasteiger partial charge < -0.3 is 10.1 Å². The predicted octanol–water partition coefficient (Wildman–Crippen LogP) is 5.63. The van der Waals surface area contributed by atoms with Crippen LogP contribution < -0.4 is 10.1 Å². The molecule has 0 bridgehead atoms. The van der Waals surface area contributed by atoms with Gasteiger partial charge in [-0.15, -0.1) is 11.6 Å². The van der Waals surface area contributed by atoms with Crippen molar-refractivity contribution in [2.45, 2.75) is 19.4 Å². The van der Waals surface area contributed by atoms with Gasteiger partial charge >= 0.3 is 0 Å². The number of halogens is 2. The van der Waals surface area contributed by atoms with Gasteiger partial charge in [0.15, 0.2) is 5.06 Å². The summed E-state index contributed by atoms with van der Waals surface area (Å²) in [6.45, 7) is 2.76. The summed E-state index contributed by atoms with van der Waals surface area (Å²) in [6.07, 6.45) is 2.50. The number of hydrogen-bond donors (Lipinski definition) is 1. The molecule has 0 fully saturated rings. The van der Waals surface area contributed by atoms with Crippen LogP contribution in [0.25, 0.3) is 10.6 Å². The molecule has 1 aromatic carbocycles. The van der Waals surface area contributed by atoms with Crippen LogP contribution >= 0.6 is 38.9 Å². The van der Waals surface area contributed by atoms with Crippen molar-refractivity contribution >= 4 is 44.7 Å². The smallest absolute Gasteiger partial charge is 0.174 e. The molecule has 3 rings (SSSR count). The molecule has 0 amide bonds. The maximum atomic E-state index is 5.80. The van der Waals surface area contributed by atoms with Crippen LogP contribution in [0.5, 0.6) is 5.06 Å². The summed E-state index contributed by atoms with van der Waals surface area (Å²) in [5.41, 5.74) is 2.16. The zero-order valence-corrected chi connectivity index (χ0v) is 17.4. The number of ether oxygens (including phenoxy) is 1. The van der Waals surface area contributed by atoms with Gasteiger partial charge in [0.1, 0.15) is 18.2 Å². The van der Waals surface area contributed by atoms with Gasteiger partial charge in [0, 0.05) is 17.1 Å². The summed E-state index contributed by atoms with van der Waals surface area (Å²) < 4.78 is 6.83. The number of anilines is 1. The molecule has 1 unspecified atom stereocenters. The highest BCUT2D eigenvalue weighted by Gasteiger charge is 2.09. The Morgan fingerprint density at radius 1 is 1.19 bits per heavy atom. The number of nitrogens with one attached hydrogen (secondary N) is 1. The average molecular weight is 453 g/mol. The average Bonchev–Trinajstić information content (AvgIpc) is 3.12. The van der Waals surface area contributed by atoms with Crippen LogP contribution in [0.2, 0.25) is 0 Å². The Hall–Kier alpha value is -1.63. The van der Waals surface area contributed by atoms with Crippen molar-refractivity contribution in [2.75, 3.05) is 17.7 Å². The fraction of sp³-hybridized carbons (Fsp3) is 0.263. The minimum Gasteiger partial charge on any atom is -0.480 e. The molecule has 0 saturated carbocycles. The molecular formula is C19H19BrClN3OS. The SMILES string of the molecule is CC(CCl)Oc1ccc(-c2cc(NCCc3ccc(Br)cc3)ncn2)s1.